The lowest BCUT2D eigenvalue weighted by atomic mass is 9.80. The van der Waals surface area contributed by atoms with Crippen LogP contribution < -0.4 is 0 Å². The molecule has 2 heterocycles. The van der Waals surface area contributed by atoms with E-state index in [2.05, 4.69) is 33.2 Å². The van der Waals surface area contributed by atoms with Crippen molar-refractivity contribution in [2.75, 3.05) is 0 Å². The maximum absolute atomic E-state index is 5.55. The van der Waals surface area contributed by atoms with Crippen molar-refractivity contribution in [3.8, 4) is 0 Å². The summed E-state index contributed by atoms with van der Waals surface area (Å²) in [4.78, 5) is 3.35. The lowest BCUT2D eigenvalue weighted by molar-refractivity contribution is 0.229. The van der Waals surface area contributed by atoms with E-state index >= 15 is 0 Å². The molecule has 110 valence electrons. The monoisotopic (exact) mass is 292 g/mol. The summed E-state index contributed by atoms with van der Waals surface area (Å²) in [6, 6.07) is 0. The molecule has 2 aromatic rings. The number of hydrogen-bond acceptors (Lipinski definition) is 2. The summed E-state index contributed by atoms with van der Waals surface area (Å²) >= 11 is 5.55. The number of nitrogens with zero attached hydrogens (tertiary/aromatic N) is 3. The van der Waals surface area contributed by atoms with Crippen LogP contribution in [0.5, 0.6) is 0 Å². The van der Waals surface area contributed by atoms with Gasteiger partial charge in [-0.25, -0.2) is 4.68 Å². The molecule has 2 aromatic heterocycles. The molecule has 0 aliphatic heterocycles. The standard InChI is InChI=1S/C15H24N4S/c1-4-19-14-13(11(3)17-19)16-15(20)18(14)9-12-8-6-5-7-10(12)2/h10,12H,4-9H2,1-3H3,(H,16,20). The van der Waals surface area contributed by atoms with Crippen molar-refractivity contribution in [1.82, 2.24) is 19.3 Å². The molecule has 0 amide bonds. The minimum Gasteiger partial charge on any atom is -0.328 e. The molecule has 3 rings (SSSR count). The lowest BCUT2D eigenvalue weighted by Crippen LogP contribution is -2.22. The van der Waals surface area contributed by atoms with Gasteiger partial charge in [0.1, 0.15) is 5.52 Å². The van der Waals surface area contributed by atoms with Crippen LogP contribution in [0.15, 0.2) is 0 Å². The van der Waals surface area contributed by atoms with E-state index in [1.807, 2.05) is 6.92 Å². The van der Waals surface area contributed by atoms with Crippen molar-refractivity contribution >= 4 is 23.4 Å². The molecule has 0 radical (unpaired) electrons. The molecule has 0 bridgehead atoms. The molecule has 1 aliphatic carbocycles. The Morgan fingerprint density at radius 3 is 2.80 bits per heavy atom. The number of aromatic amines is 1. The molecular formula is C15H24N4S. The zero-order valence-corrected chi connectivity index (χ0v) is 13.5. The van der Waals surface area contributed by atoms with Gasteiger partial charge in [0, 0.05) is 13.1 Å². The summed E-state index contributed by atoms with van der Waals surface area (Å²) in [5.74, 6) is 1.55. The summed E-state index contributed by atoms with van der Waals surface area (Å²) in [6.45, 7) is 8.49. The number of hydrogen-bond donors (Lipinski definition) is 1. The van der Waals surface area contributed by atoms with Gasteiger partial charge in [-0.3, -0.25) is 0 Å². The Kier molecular flexibility index (Phi) is 3.71. The zero-order valence-electron chi connectivity index (χ0n) is 12.6. The van der Waals surface area contributed by atoms with E-state index in [4.69, 9.17) is 12.2 Å². The Hall–Kier alpha value is -1.10. The molecule has 0 aromatic carbocycles. The largest absolute Gasteiger partial charge is 0.328 e. The molecule has 0 saturated heterocycles. The Bertz CT molecular complexity index is 663. The number of aryl methyl sites for hydroxylation is 2. The topological polar surface area (TPSA) is 38.5 Å². The maximum atomic E-state index is 5.55. The molecule has 20 heavy (non-hydrogen) atoms. The predicted molar refractivity (Wildman–Crippen MR) is 84.4 cm³/mol. The van der Waals surface area contributed by atoms with Gasteiger partial charge in [0.2, 0.25) is 0 Å². The minimum atomic E-state index is 0.745. The number of nitrogens with one attached hydrogen (secondary N) is 1. The fourth-order valence-electron chi connectivity index (χ4n) is 3.55. The highest BCUT2D eigenvalue weighted by Crippen LogP contribution is 2.32. The molecule has 0 spiro atoms. The fraction of sp³-hybridized carbons (Fsp3) is 0.733. The van der Waals surface area contributed by atoms with Crippen molar-refractivity contribution in [3.05, 3.63) is 10.5 Å². The van der Waals surface area contributed by atoms with Gasteiger partial charge in [0.25, 0.3) is 0 Å². The maximum Gasteiger partial charge on any atom is 0.179 e. The quantitative estimate of drug-likeness (QED) is 0.867. The highest BCUT2D eigenvalue weighted by molar-refractivity contribution is 7.71. The van der Waals surface area contributed by atoms with Gasteiger partial charge in [-0.05, 0) is 44.3 Å². The Labute approximate surface area is 125 Å². The van der Waals surface area contributed by atoms with Gasteiger partial charge < -0.3 is 9.55 Å². The van der Waals surface area contributed by atoms with Crippen LogP contribution in [0.4, 0.5) is 0 Å². The summed E-state index contributed by atoms with van der Waals surface area (Å²) in [5, 5.41) is 4.60. The third-order valence-electron chi connectivity index (χ3n) is 4.84. The predicted octanol–water partition coefficient (Wildman–Crippen LogP) is 4.05. The van der Waals surface area contributed by atoms with Crippen LogP contribution in [-0.4, -0.2) is 19.3 Å². The average molecular weight is 292 g/mol. The SMILES string of the molecule is CCn1nc(C)c2[nH]c(=S)n(CC3CCCCC3C)c21. The second-order valence-electron chi connectivity index (χ2n) is 6.16. The third kappa shape index (κ3) is 2.22. The first-order valence-corrected chi connectivity index (χ1v) is 8.18. The van der Waals surface area contributed by atoms with E-state index < -0.39 is 0 Å². The number of fused-ring (bicyclic) bond motifs is 1. The summed E-state index contributed by atoms with van der Waals surface area (Å²) in [6.07, 6.45) is 5.44. The molecule has 4 nitrogen and oxygen atoms in total. The van der Waals surface area contributed by atoms with E-state index in [1.165, 1.54) is 31.3 Å². The van der Waals surface area contributed by atoms with Crippen molar-refractivity contribution in [1.29, 1.82) is 0 Å². The number of H-pyrrole nitrogens is 1. The molecule has 2 atom stereocenters. The van der Waals surface area contributed by atoms with Gasteiger partial charge in [0.05, 0.1) is 5.69 Å². The van der Waals surface area contributed by atoms with Crippen LogP contribution >= 0.6 is 12.2 Å². The van der Waals surface area contributed by atoms with Gasteiger partial charge in [-0.1, -0.05) is 26.2 Å². The number of imidazole rings is 1. The van der Waals surface area contributed by atoms with Gasteiger partial charge in [-0.2, -0.15) is 5.10 Å². The molecule has 2 unspecified atom stereocenters. The molecular weight excluding hydrogens is 268 g/mol. The van der Waals surface area contributed by atoms with E-state index in [0.29, 0.717) is 0 Å². The average Bonchev–Trinajstić information content (AvgIpc) is 2.91. The van der Waals surface area contributed by atoms with Gasteiger partial charge >= 0.3 is 0 Å². The van der Waals surface area contributed by atoms with E-state index in [-0.39, 0.29) is 0 Å². The molecule has 1 aliphatic rings. The summed E-state index contributed by atoms with van der Waals surface area (Å²) < 4.78 is 5.20. The van der Waals surface area contributed by atoms with Crippen molar-refractivity contribution in [2.24, 2.45) is 11.8 Å². The summed E-state index contributed by atoms with van der Waals surface area (Å²) in [7, 11) is 0. The van der Waals surface area contributed by atoms with Crippen molar-refractivity contribution in [2.45, 2.75) is 59.5 Å². The first-order valence-electron chi connectivity index (χ1n) is 7.77. The normalized spacial score (nSPS) is 23.6. The van der Waals surface area contributed by atoms with Crippen LogP contribution in [0.25, 0.3) is 11.2 Å². The number of rotatable bonds is 3. The van der Waals surface area contributed by atoms with E-state index in [0.717, 1.165) is 40.9 Å². The number of aromatic nitrogens is 4. The Morgan fingerprint density at radius 2 is 2.10 bits per heavy atom. The van der Waals surface area contributed by atoms with E-state index in [9.17, 15) is 0 Å². The Morgan fingerprint density at radius 1 is 1.35 bits per heavy atom. The van der Waals surface area contributed by atoms with E-state index in [1.54, 1.807) is 0 Å². The zero-order chi connectivity index (χ0) is 14.3. The first kappa shape index (κ1) is 13.9. The summed E-state index contributed by atoms with van der Waals surface area (Å²) in [5.41, 5.74) is 3.33. The van der Waals surface area contributed by atoms with Crippen molar-refractivity contribution in [3.63, 3.8) is 0 Å². The first-order chi connectivity index (χ1) is 9.61. The lowest BCUT2D eigenvalue weighted by Gasteiger charge is -2.29. The van der Waals surface area contributed by atoms with Crippen LogP contribution in [-0.2, 0) is 13.1 Å². The van der Waals surface area contributed by atoms with Crippen LogP contribution in [0.3, 0.4) is 0 Å². The fourth-order valence-corrected chi connectivity index (χ4v) is 3.81. The van der Waals surface area contributed by atoms with Crippen molar-refractivity contribution < 1.29 is 0 Å². The van der Waals surface area contributed by atoms with Gasteiger partial charge in [-0.15, -0.1) is 0 Å². The molecule has 1 N–H and O–H groups in total. The highest BCUT2D eigenvalue weighted by atomic mass is 32.1. The molecule has 1 saturated carbocycles. The van der Waals surface area contributed by atoms with Gasteiger partial charge in [0.15, 0.2) is 10.4 Å². The minimum absolute atomic E-state index is 0.745. The molecule has 1 fully saturated rings. The molecule has 5 heteroatoms. The Balaban J connectivity index is 2.02. The van der Waals surface area contributed by atoms with Crippen LogP contribution in [0.1, 0.15) is 45.2 Å². The second kappa shape index (κ2) is 5.35. The highest BCUT2D eigenvalue weighted by Gasteiger charge is 2.24. The van der Waals surface area contributed by atoms with Crippen LogP contribution in [0, 0.1) is 23.5 Å². The second-order valence-corrected chi connectivity index (χ2v) is 6.55. The third-order valence-corrected chi connectivity index (χ3v) is 5.16. The van der Waals surface area contributed by atoms with Crippen LogP contribution in [0.2, 0.25) is 0 Å². The smallest absolute Gasteiger partial charge is 0.179 e.